The lowest BCUT2D eigenvalue weighted by molar-refractivity contribution is -0.900. The second-order valence-electron chi connectivity index (χ2n) is 5.64. The molecule has 2 rings (SSSR count). The summed E-state index contributed by atoms with van der Waals surface area (Å²) in [6.45, 7) is 7.12. The van der Waals surface area contributed by atoms with Gasteiger partial charge in [0.1, 0.15) is 0 Å². The molecular formula is C15H22BrN2O+. The summed E-state index contributed by atoms with van der Waals surface area (Å²) in [5.41, 5.74) is 2.04. The number of halogens is 1. The highest BCUT2D eigenvalue weighted by atomic mass is 79.9. The number of likely N-dealkylation sites (tertiary alicyclic amines) is 1. The number of aryl methyl sites for hydroxylation is 1. The van der Waals surface area contributed by atoms with E-state index in [1.165, 1.54) is 23.3 Å². The molecule has 1 amide bonds. The molecule has 1 aliphatic rings. The van der Waals surface area contributed by atoms with Crippen LogP contribution >= 0.6 is 15.9 Å². The molecule has 0 saturated carbocycles. The molecule has 19 heavy (non-hydrogen) atoms. The van der Waals surface area contributed by atoms with Gasteiger partial charge in [-0.1, -0.05) is 28.9 Å². The second kappa shape index (κ2) is 6.53. The Morgan fingerprint density at radius 3 is 3.00 bits per heavy atom. The van der Waals surface area contributed by atoms with E-state index < -0.39 is 0 Å². The van der Waals surface area contributed by atoms with Gasteiger partial charge in [0.25, 0.3) is 5.91 Å². The third-order valence-corrected chi connectivity index (χ3v) is 4.58. The molecule has 0 aliphatic carbocycles. The molecule has 0 bridgehead atoms. The number of quaternary nitrogens is 1. The molecule has 3 nitrogen and oxygen atoms in total. The number of anilines is 1. The minimum Gasteiger partial charge on any atom is -0.327 e. The number of hydrogen-bond donors (Lipinski definition) is 2. The third kappa shape index (κ3) is 4.32. The van der Waals surface area contributed by atoms with E-state index in [1.807, 2.05) is 25.1 Å². The van der Waals surface area contributed by atoms with Crippen molar-refractivity contribution in [3.8, 4) is 0 Å². The maximum Gasteiger partial charge on any atom is 0.279 e. The standard InChI is InChI=1S/C15H21BrN2O/c1-11-4-3-7-18(9-11)10-15(19)17-13-6-5-12(2)14(16)8-13/h5-6,8,11H,3-4,7,9-10H2,1-2H3,(H,17,19)/p+1/t11-/m1/s1. The fourth-order valence-corrected chi connectivity index (χ4v) is 3.04. The Morgan fingerprint density at radius 1 is 1.53 bits per heavy atom. The lowest BCUT2D eigenvalue weighted by Gasteiger charge is -2.27. The van der Waals surface area contributed by atoms with Crippen LogP contribution in [0.5, 0.6) is 0 Å². The maximum absolute atomic E-state index is 12.0. The zero-order chi connectivity index (χ0) is 13.8. The van der Waals surface area contributed by atoms with Crippen molar-refractivity contribution in [2.45, 2.75) is 26.7 Å². The van der Waals surface area contributed by atoms with E-state index in [1.54, 1.807) is 0 Å². The van der Waals surface area contributed by atoms with Crippen LogP contribution in [-0.2, 0) is 4.79 Å². The molecule has 104 valence electrons. The summed E-state index contributed by atoms with van der Waals surface area (Å²) in [6.07, 6.45) is 2.54. The Labute approximate surface area is 123 Å². The van der Waals surface area contributed by atoms with Crippen LogP contribution in [0.2, 0.25) is 0 Å². The predicted octanol–water partition coefficient (Wildman–Crippen LogP) is 2.01. The number of piperidine rings is 1. The highest BCUT2D eigenvalue weighted by molar-refractivity contribution is 9.10. The molecular weight excluding hydrogens is 304 g/mol. The molecule has 4 heteroatoms. The van der Waals surface area contributed by atoms with Crippen molar-refractivity contribution in [1.82, 2.24) is 0 Å². The van der Waals surface area contributed by atoms with E-state index in [9.17, 15) is 4.79 Å². The number of rotatable bonds is 3. The van der Waals surface area contributed by atoms with E-state index in [2.05, 4.69) is 28.2 Å². The quantitative estimate of drug-likeness (QED) is 0.875. The van der Waals surface area contributed by atoms with Crippen molar-refractivity contribution >= 4 is 27.5 Å². The van der Waals surface area contributed by atoms with Gasteiger partial charge >= 0.3 is 0 Å². The molecule has 0 spiro atoms. The van der Waals surface area contributed by atoms with Gasteiger partial charge in [0.15, 0.2) is 6.54 Å². The van der Waals surface area contributed by atoms with Crippen LogP contribution in [-0.4, -0.2) is 25.5 Å². The first kappa shape index (κ1) is 14.5. The average molecular weight is 326 g/mol. The largest absolute Gasteiger partial charge is 0.327 e. The first-order chi connectivity index (χ1) is 9.04. The molecule has 1 aromatic rings. The van der Waals surface area contributed by atoms with Gasteiger partial charge in [-0.25, -0.2) is 0 Å². The molecule has 2 atom stereocenters. The average Bonchev–Trinajstić information content (AvgIpc) is 2.34. The summed E-state index contributed by atoms with van der Waals surface area (Å²) in [4.78, 5) is 13.4. The van der Waals surface area contributed by atoms with E-state index >= 15 is 0 Å². The summed E-state index contributed by atoms with van der Waals surface area (Å²) >= 11 is 3.49. The lowest BCUT2D eigenvalue weighted by atomic mass is 10.0. The minimum atomic E-state index is 0.111. The number of hydrogen-bond acceptors (Lipinski definition) is 1. The molecule has 1 unspecified atom stereocenters. The third-order valence-electron chi connectivity index (χ3n) is 3.73. The van der Waals surface area contributed by atoms with Crippen LogP contribution in [0.25, 0.3) is 0 Å². The zero-order valence-electron chi connectivity index (χ0n) is 11.6. The Balaban J connectivity index is 1.88. The van der Waals surface area contributed by atoms with Crippen LogP contribution in [0.15, 0.2) is 22.7 Å². The SMILES string of the molecule is Cc1ccc(NC(=O)C[NH+]2CCC[C@@H](C)C2)cc1Br. The Kier molecular flexibility index (Phi) is 4.99. The van der Waals surface area contributed by atoms with E-state index in [4.69, 9.17) is 0 Å². The van der Waals surface area contributed by atoms with Crippen molar-refractivity contribution in [3.05, 3.63) is 28.2 Å². The molecule has 2 N–H and O–H groups in total. The molecule has 0 radical (unpaired) electrons. The van der Waals surface area contributed by atoms with E-state index in [-0.39, 0.29) is 5.91 Å². The first-order valence-corrected chi connectivity index (χ1v) is 7.73. The smallest absolute Gasteiger partial charge is 0.279 e. The van der Waals surface area contributed by atoms with Crippen LogP contribution in [0, 0.1) is 12.8 Å². The summed E-state index contributed by atoms with van der Waals surface area (Å²) in [7, 11) is 0. The van der Waals surface area contributed by atoms with Crippen molar-refractivity contribution in [2.75, 3.05) is 25.0 Å². The maximum atomic E-state index is 12.0. The van der Waals surface area contributed by atoms with E-state index in [0.29, 0.717) is 6.54 Å². The van der Waals surface area contributed by atoms with Crippen molar-refractivity contribution in [1.29, 1.82) is 0 Å². The Hall–Kier alpha value is -0.870. The van der Waals surface area contributed by atoms with Crippen molar-refractivity contribution in [3.63, 3.8) is 0 Å². The van der Waals surface area contributed by atoms with Gasteiger partial charge in [0.2, 0.25) is 0 Å². The number of carbonyl (C=O) groups is 1. The minimum absolute atomic E-state index is 0.111. The molecule has 0 aromatic heterocycles. The normalized spacial score (nSPS) is 23.1. The Morgan fingerprint density at radius 2 is 2.32 bits per heavy atom. The zero-order valence-corrected chi connectivity index (χ0v) is 13.2. The molecule has 1 heterocycles. The number of carbonyl (C=O) groups excluding carboxylic acids is 1. The van der Waals surface area contributed by atoms with E-state index in [0.717, 1.165) is 29.2 Å². The van der Waals surface area contributed by atoms with Gasteiger partial charge in [0, 0.05) is 16.1 Å². The van der Waals surface area contributed by atoms with Gasteiger partial charge in [0.05, 0.1) is 13.1 Å². The summed E-state index contributed by atoms with van der Waals surface area (Å²) in [6, 6.07) is 5.92. The van der Waals surface area contributed by atoms with Crippen molar-refractivity contribution in [2.24, 2.45) is 5.92 Å². The first-order valence-electron chi connectivity index (χ1n) is 6.94. The van der Waals surface area contributed by atoms with Crippen LogP contribution in [0.1, 0.15) is 25.3 Å². The summed E-state index contributed by atoms with van der Waals surface area (Å²) < 4.78 is 1.03. The highest BCUT2D eigenvalue weighted by Gasteiger charge is 2.21. The predicted molar refractivity (Wildman–Crippen MR) is 81.5 cm³/mol. The lowest BCUT2D eigenvalue weighted by Crippen LogP contribution is -3.14. The molecule has 1 aromatic carbocycles. The number of amides is 1. The molecule has 1 aliphatic heterocycles. The second-order valence-corrected chi connectivity index (χ2v) is 6.49. The van der Waals surface area contributed by atoms with Gasteiger partial charge in [-0.05, 0) is 37.5 Å². The fraction of sp³-hybridized carbons (Fsp3) is 0.533. The molecule has 1 saturated heterocycles. The van der Waals surface area contributed by atoms with Crippen LogP contribution in [0.4, 0.5) is 5.69 Å². The highest BCUT2D eigenvalue weighted by Crippen LogP contribution is 2.20. The fourth-order valence-electron chi connectivity index (χ4n) is 2.66. The van der Waals surface area contributed by atoms with Crippen LogP contribution in [0.3, 0.4) is 0 Å². The number of nitrogens with one attached hydrogen (secondary N) is 2. The van der Waals surface area contributed by atoms with Gasteiger partial charge in [-0.15, -0.1) is 0 Å². The topological polar surface area (TPSA) is 33.5 Å². The van der Waals surface area contributed by atoms with Crippen molar-refractivity contribution < 1.29 is 9.69 Å². The Bertz CT molecular complexity index is 461. The molecule has 1 fully saturated rings. The van der Waals surface area contributed by atoms with Gasteiger partial charge in [-0.3, -0.25) is 4.79 Å². The number of benzene rings is 1. The monoisotopic (exact) mass is 325 g/mol. The summed E-state index contributed by atoms with van der Waals surface area (Å²) in [5.74, 6) is 0.852. The van der Waals surface area contributed by atoms with Gasteiger partial charge < -0.3 is 10.2 Å². The van der Waals surface area contributed by atoms with Gasteiger partial charge in [-0.2, -0.15) is 0 Å². The summed E-state index contributed by atoms with van der Waals surface area (Å²) in [5, 5.41) is 2.98. The van der Waals surface area contributed by atoms with Crippen LogP contribution < -0.4 is 10.2 Å².